The highest BCUT2D eigenvalue weighted by Gasteiger charge is 2.50. The normalized spacial score (nSPS) is 22.0. The molecule has 0 unspecified atom stereocenters. The predicted molar refractivity (Wildman–Crippen MR) is 98.6 cm³/mol. The molecule has 0 bridgehead atoms. The van der Waals surface area contributed by atoms with Gasteiger partial charge in [0.15, 0.2) is 0 Å². The molecule has 1 aliphatic heterocycles. The number of carbonyl (C=O) groups excluding carboxylic acids is 3. The molecule has 0 spiro atoms. The molecule has 1 amide bonds. The van der Waals surface area contributed by atoms with Crippen molar-refractivity contribution in [3.05, 3.63) is 41.2 Å². The van der Waals surface area contributed by atoms with Gasteiger partial charge in [0.05, 0.1) is 27.8 Å². The maximum atomic E-state index is 13.5. The summed E-state index contributed by atoms with van der Waals surface area (Å²) in [6.45, 7) is 1.97. The number of halogens is 1. The van der Waals surface area contributed by atoms with E-state index in [0.29, 0.717) is 5.56 Å². The van der Waals surface area contributed by atoms with Crippen molar-refractivity contribution in [2.45, 2.75) is 19.4 Å². The Bertz CT molecular complexity index is 778. The van der Waals surface area contributed by atoms with Crippen LogP contribution >= 0.6 is 0 Å². The number of rotatable bonds is 5. The Kier molecular flexibility index (Phi) is 7.14. The van der Waals surface area contributed by atoms with Crippen molar-refractivity contribution in [1.29, 1.82) is 0 Å². The van der Waals surface area contributed by atoms with Crippen LogP contribution in [0.3, 0.4) is 0 Å². The highest BCUT2D eigenvalue weighted by Crippen LogP contribution is 2.38. The zero-order chi connectivity index (χ0) is 20.8. The molecule has 2 rings (SSSR count). The van der Waals surface area contributed by atoms with Gasteiger partial charge in [-0.1, -0.05) is 23.8 Å². The fourth-order valence-corrected chi connectivity index (χ4v) is 3.62. The lowest BCUT2D eigenvalue weighted by molar-refractivity contribution is -0.148. The minimum atomic E-state index is -0.989. The zero-order valence-electron chi connectivity index (χ0n) is 16.3. The highest BCUT2D eigenvalue weighted by atomic mass is 19.1. The molecule has 28 heavy (non-hydrogen) atoms. The zero-order valence-corrected chi connectivity index (χ0v) is 16.3. The van der Waals surface area contributed by atoms with Gasteiger partial charge in [-0.3, -0.25) is 9.69 Å². The molecule has 8 heteroatoms. The summed E-state index contributed by atoms with van der Waals surface area (Å²) in [6, 6.07) is 5.07. The molecular weight excluding hydrogens is 369 g/mol. The van der Waals surface area contributed by atoms with E-state index in [2.05, 4.69) is 0 Å². The molecule has 0 aliphatic carbocycles. The Morgan fingerprint density at radius 2 is 1.89 bits per heavy atom. The summed E-state index contributed by atoms with van der Waals surface area (Å²) in [7, 11) is 3.69. The fraction of sp³-hybridized carbons (Fsp3) is 0.450. The standard InChI is InChI=1S/C20H24FNO6/c1-12(8-13-6-5-7-14(21)9-13)16-11-22(20(25)28-4)18(19(24)27-3)15(16)10-17(23)26-2/h5-9,15-16,18H,10-11H2,1-4H3/b12-8+/t15-,16+,18-/m0/s1. The van der Waals surface area contributed by atoms with Gasteiger partial charge in [0.25, 0.3) is 0 Å². The van der Waals surface area contributed by atoms with Gasteiger partial charge in [0.2, 0.25) is 0 Å². The summed E-state index contributed by atoms with van der Waals surface area (Å²) in [6.07, 6.45) is 1.00. The smallest absolute Gasteiger partial charge is 0.410 e. The van der Waals surface area contributed by atoms with E-state index in [1.807, 2.05) is 6.92 Å². The van der Waals surface area contributed by atoms with Crippen molar-refractivity contribution in [3.8, 4) is 0 Å². The molecule has 1 aromatic carbocycles. The molecule has 1 heterocycles. The lowest BCUT2D eigenvalue weighted by Gasteiger charge is -2.25. The quantitative estimate of drug-likeness (QED) is 0.565. The monoisotopic (exact) mass is 393 g/mol. The molecule has 1 aromatic rings. The molecule has 3 atom stereocenters. The largest absolute Gasteiger partial charge is 0.469 e. The van der Waals surface area contributed by atoms with E-state index in [-0.39, 0.29) is 24.7 Å². The average Bonchev–Trinajstić information content (AvgIpc) is 3.05. The topological polar surface area (TPSA) is 82.1 Å². The van der Waals surface area contributed by atoms with Crippen LogP contribution in [0.2, 0.25) is 0 Å². The first-order valence-corrected chi connectivity index (χ1v) is 8.75. The molecule has 152 valence electrons. The number of benzene rings is 1. The molecule has 0 aromatic heterocycles. The van der Waals surface area contributed by atoms with Crippen molar-refractivity contribution in [2.75, 3.05) is 27.9 Å². The van der Waals surface area contributed by atoms with E-state index in [1.165, 1.54) is 38.4 Å². The van der Waals surface area contributed by atoms with Gasteiger partial charge in [-0.15, -0.1) is 0 Å². The second-order valence-corrected chi connectivity index (χ2v) is 6.58. The van der Waals surface area contributed by atoms with Crippen LogP contribution in [0.15, 0.2) is 29.8 Å². The minimum absolute atomic E-state index is 0.0806. The van der Waals surface area contributed by atoms with Crippen molar-refractivity contribution in [1.82, 2.24) is 4.90 Å². The van der Waals surface area contributed by atoms with Crippen LogP contribution in [-0.4, -0.2) is 56.8 Å². The third-order valence-corrected chi connectivity index (χ3v) is 4.96. The van der Waals surface area contributed by atoms with E-state index in [0.717, 1.165) is 5.57 Å². The molecule has 0 saturated carbocycles. The van der Waals surface area contributed by atoms with E-state index in [4.69, 9.17) is 14.2 Å². The first-order chi connectivity index (χ1) is 13.3. The van der Waals surface area contributed by atoms with Crippen LogP contribution in [0.5, 0.6) is 0 Å². The lowest BCUT2D eigenvalue weighted by atomic mass is 9.82. The third-order valence-electron chi connectivity index (χ3n) is 4.96. The van der Waals surface area contributed by atoms with Crippen LogP contribution in [0, 0.1) is 17.7 Å². The van der Waals surface area contributed by atoms with Crippen LogP contribution in [0.1, 0.15) is 18.9 Å². The summed E-state index contributed by atoms with van der Waals surface area (Å²) >= 11 is 0. The van der Waals surface area contributed by atoms with Crippen molar-refractivity contribution >= 4 is 24.1 Å². The number of hydrogen-bond acceptors (Lipinski definition) is 6. The fourth-order valence-electron chi connectivity index (χ4n) is 3.62. The summed E-state index contributed by atoms with van der Waals surface area (Å²) < 4.78 is 27.9. The first kappa shape index (κ1) is 21.4. The SMILES string of the molecule is COC(=O)C[C@H]1[C@@H](/C(C)=C/c2cccc(F)c2)CN(C(=O)OC)[C@@H]1C(=O)OC. The predicted octanol–water partition coefficient (Wildman–Crippen LogP) is 2.65. The van der Waals surface area contributed by atoms with E-state index >= 15 is 0 Å². The number of amides is 1. The number of nitrogens with zero attached hydrogens (tertiary/aromatic N) is 1. The molecule has 1 saturated heterocycles. The maximum Gasteiger partial charge on any atom is 0.410 e. The van der Waals surface area contributed by atoms with Gasteiger partial charge in [0.1, 0.15) is 11.9 Å². The second-order valence-electron chi connectivity index (χ2n) is 6.58. The lowest BCUT2D eigenvalue weighted by Crippen LogP contribution is -2.44. The Morgan fingerprint density at radius 1 is 1.18 bits per heavy atom. The molecule has 0 N–H and O–H groups in total. The average molecular weight is 393 g/mol. The number of esters is 2. The first-order valence-electron chi connectivity index (χ1n) is 8.75. The van der Waals surface area contributed by atoms with Crippen LogP contribution < -0.4 is 0 Å². The summed E-state index contributed by atoms with van der Waals surface area (Å²) in [4.78, 5) is 37.9. The Morgan fingerprint density at radius 3 is 2.46 bits per heavy atom. The molecule has 0 radical (unpaired) electrons. The van der Waals surface area contributed by atoms with Gasteiger partial charge in [-0.05, 0) is 24.6 Å². The second kappa shape index (κ2) is 9.34. The Hall–Kier alpha value is -2.90. The van der Waals surface area contributed by atoms with E-state index in [9.17, 15) is 18.8 Å². The Labute approximate surface area is 163 Å². The number of methoxy groups -OCH3 is 3. The highest BCUT2D eigenvalue weighted by molar-refractivity contribution is 5.84. The van der Waals surface area contributed by atoms with Crippen molar-refractivity contribution < 1.29 is 33.0 Å². The number of carbonyl (C=O) groups is 3. The van der Waals surface area contributed by atoms with E-state index < -0.39 is 30.0 Å². The minimum Gasteiger partial charge on any atom is -0.469 e. The number of ether oxygens (including phenoxy) is 3. The van der Waals surface area contributed by atoms with Crippen LogP contribution in [0.4, 0.5) is 9.18 Å². The molecule has 7 nitrogen and oxygen atoms in total. The summed E-state index contributed by atoms with van der Waals surface area (Å²) in [5, 5.41) is 0. The van der Waals surface area contributed by atoms with Gasteiger partial charge in [0, 0.05) is 18.4 Å². The van der Waals surface area contributed by atoms with Gasteiger partial charge in [-0.2, -0.15) is 0 Å². The number of hydrogen-bond donors (Lipinski definition) is 0. The van der Waals surface area contributed by atoms with Gasteiger partial charge in [-0.25, -0.2) is 14.0 Å². The van der Waals surface area contributed by atoms with Gasteiger partial charge < -0.3 is 14.2 Å². The van der Waals surface area contributed by atoms with Crippen LogP contribution in [0.25, 0.3) is 6.08 Å². The molecule has 1 aliphatic rings. The molecule has 1 fully saturated rings. The maximum absolute atomic E-state index is 13.5. The number of likely N-dealkylation sites (tertiary alicyclic amines) is 1. The third kappa shape index (κ3) is 4.68. The Balaban J connectivity index is 2.44. The van der Waals surface area contributed by atoms with E-state index in [1.54, 1.807) is 18.2 Å². The van der Waals surface area contributed by atoms with Gasteiger partial charge >= 0.3 is 18.0 Å². The summed E-state index contributed by atoms with van der Waals surface area (Å²) in [5.74, 6) is -2.42. The van der Waals surface area contributed by atoms with Crippen molar-refractivity contribution in [3.63, 3.8) is 0 Å². The summed E-state index contributed by atoms with van der Waals surface area (Å²) in [5.41, 5.74) is 1.43. The molecular formula is C20H24FNO6. The van der Waals surface area contributed by atoms with Crippen molar-refractivity contribution in [2.24, 2.45) is 11.8 Å². The van der Waals surface area contributed by atoms with Crippen LogP contribution in [-0.2, 0) is 23.8 Å².